The van der Waals surface area contributed by atoms with E-state index in [1.165, 1.54) is 10.6 Å². The summed E-state index contributed by atoms with van der Waals surface area (Å²) < 4.78 is 0. The highest BCUT2D eigenvalue weighted by molar-refractivity contribution is 7.80. The van der Waals surface area contributed by atoms with Crippen LogP contribution in [0.5, 0.6) is 0 Å². The average Bonchev–Trinajstić information content (AvgIpc) is 2.87. The summed E-state index contributed by atoms with van der Waals surface area (Å²) in [5, 5.41) is 4.63. The van der Waals surface area contributed by atoms with Crippen LogP contribution in [0.4, 0.5) is 5.69 Å². The fourth-order valence-electron chi connectivity index (χ4n) is 2.83. The molecule has 0 aromatic heterocycles. The van der Waals surface area contributed by atoms with E-state index in [2.05, 4.69) is 77.5 Å². The molecular weight excluding hydrogens is 424 g/mol. The predicted octanol–water partition coefficient (Wildman–Crippen LogP) is 5.29. The van der Waals surface area contributed by atoms with Crippen molar-refractivity contribution in [2.45, 2.75) is 5.28 Å². The van der Waals surface area contributed by atoms with Crippen molar-refractivity contribution in [2.24, 2.45) is 0 Å². The van der Waals surface area contributed by atoms with Crippen molar-refractivity contribution in [3.8, 4) is 0 Å². The Bertz CT molecular complexity index is 1020. The minimum absolute atomic E-state index is 0.704. The average molecular weight is 451 g/mol. The molecule has 0 bridgehead atoms. The van der Waals surface area contributed by atoms with E-state index in [1.807, 2.05) is 66.7 Å². The first-order valence-corrected chi connectivity index (χ1v) is 12.4. The van der Waals surface area contributed by atoms with Crippen LogP contribution in [0.2, 0.25) is 5.28 Å². The number of carbonyl (C=O) groups excluding carboxylic acids is 1. The van der Waals surface area contributed by atoms with Crippen molar-refractivity contribution in [3.05, 3.63) is 133 Å². The molecule has 4 rings (SSSR count). The third kappa shape index (κ3) is 8.29. The number of nitrogen functional groups attached to an aromatic ring is 1. The van der Waals surface area contributed by atoms with Crippen molar-refractivity contribution < 1.29 is 4.79 Å². The molecule has 0 fully saturated rings. The van der Waals surface area contributed by atoms with Crippen molar-refractivity contribution in [2.75, 3.05) is 5.73 Å². The van der Waals surface area contributed by atoms with Gasteiger partial charge in [-0.05, 0) is 36.0 Å². The predicted molar refractivity (Wildman–Crippen MR) is 142 cm³/mol. The summed E-state index contributed by atoms with van der Waals surface area (Å²) >= 11 is 2.54. The molecule has 0 amide bonds. The van der Waals surface area contributed by atoms with Crippen molar-refractivity contribution in [1.82, 2.24) is 0 Å². The van der Waals surface area contributed by atoms with Crippen molar-refractivity contribution in [1.29, 1.82) is 0 Å². The van der Waals surface area contributed by atoms with Crippen LogP contribution in [0.1, 0.15) is 10.4 Å². The van der Waals surface area contributed by atoms with E-state index in [9.17, 15) is 4.79 Å². The van der Waals surface area contributed by atoms with Gasteiger partial charge in [0.05, 0.1) is 0 Å². The quantitative estimate of drug-likeness (QED) is 0.147. The third-order valence-corrected chi connectivity index (χ3v) is 7.15. The van der Waals surface area contributed by atoms with Gasteiger partial charge in [-0.3, -0.25) is 4.79 Å². The lowest BCUT2D eigenvalue weighted by Crippen LogP contribution is -2.23. The number of aldehydes is 1. The van der Waals surface area contributed by atoms with Crippen LogP contribution in [-0.4, -0.2) is 22.6 Å². The van der Waals surface area contributed by atoms with Gasteiger partial charge < -0.3 is 5.73 Å². The van der Waals surface area contributed by atoms with Crippen LogP contribution in [0.3, 0.4) is 0 Å². The Labute approximate surface area is 201 Å². The van der Waals surface area contributed by atoms with E-state index < -0.39 is 7.92 Å². The molecule has 0 aliphatic rings. The van der Waals surface area contributed by atoms with Gasteiger partial charge in [-0.25, -0.2) is 0 Å². The molecule has 4 aromatic carbocycles. The molecule has 0 aliphatic carbocycles. The summed E-state index contributed by atoms with van der Waals surface area (Å²) in [5.74, 6) is 0. The molecule has 4 aromatic rings. The maximum atomic E-state index is 11.4. The highest BCUT2D eigenvalue weighted by Crippen LogP contribution is 2.33. The summed E-state index contributed by atoms with van der Waals surface area (Å²) in [6.07, 6.45) is 2.79. The number of allylic oxidation sites excluding steroid dienone is 1. The number of carbonyl (C=O) groups is 1. The molecule has 32 heavy (non-hydrogen) atoms. The van der Waals surface area contributed by atoms with E-state index in [0.717, 1.165) is 28.1 Å². The number of nitrogens with two attached hydrogens (primary N) is 1. The molecule has 2 radical (unpaired) electrons. The molecule has 0 atom stereocenters. The SMILES string of the molecule is C=C[CH2][Al].Nc1ccccc1.O=Cc1ccccc1P(c1ccccc1)c1ccccc1. The zero-order valence-electron chi connectivity index (χ0n) is 18.0. The first-order chi connectivity index (χ1) is 15.7. The van der Waals surface area contributed by atoms with Gasteiger partial charge in [0.25, 0.3) is 0 Å². The zero-order valence-corrected chi connectivity index (χ0v) is 20.1. The second-order valence-electron chi connectivity index (χ2n) is 6.62. The van der Waals surface area contributed by atoms with E-state index in [0.29, 0.717) is 0 Å². The summed E-state index contributed by atoms with van der Waals surface area (Å²) in [7, 11) is -0.704. The molecule has 0 spiro atoms. The van der Waals surface area contributed by atoms with Gasteiger partial charge in [0.2, 0.25) is 0 Å². The maximum Gasteiger partial charge on any atom is 0.150 e. The Balaban J connectivity index is 0.000000273. The Hall–Kier alpha value is -2.95. The van der Waals surface area contributed by atoms with Gasteiger partial charge in [0.15, 0.2) is 6.29 Å². The molecule has 4 heteroatoms. The maximum absolute atomic E-state index is 11.4. The fraction of sp³-hybridized carbons (Fsp3) is 0.0357. The number of hydrogen-bond donors (Lipinski definition) is 1. The van der Waals surface area contributed by atoms with E-state index >= 15 is 0 Å². The minimum Gasteiger partial charge on any atom is -0.399 e. The molecule has 0 aliphatic heterocycles. The summed E-state index contributed by atoms with van der Waals surface area (Å²) in [6.45, 7) is 3.46. The first-order valence-electron chi connectivity index (χ1n) is 10.3. The van der Waals surface area contributed by atoms with Crippen LogP contribution in [0, 0.1) is 0 Å². The summed E-state index contributed by atoms with van der Waals surface area (Å²) in [6, 6.07) is 38.2. The topological polar surface area (TPSA) is 43.1 Å². The number of para-hydroxylation sites is 1. The third-order valence-electron chi connectivity index (χ3n) is 4.30. The first kappa shape index (κ1) is 25.3. The van der Waals surface area contributed by atoms with Gasteiger partial charge in [-0.2, -0.15) is 0 Å². The van der Waals surface area contributed by atoms with Crippen molar-refractivity contribution in [3.63, 3.8) is 0 Å². The number of anilines is 1. The normalized spacial score (nSPS) is 9.53. The van der Waals surface area contributed by atoms with Crippen LogP contribution in [0.15, 0.2) is 128 Å². The van der Waals surface area contributed by atoms with Gasteiger partial charge in [0, 0.05) is 11.3 Å². The van der Waals surface area contributed by atoms with Gasteiger partial charge in [0.1, 0.15) is 16.3 Å². The smallest absolute Gasteiger partial charge is 0.150 e. The van der Waals surface area contributed by atoms with Crippen LogP contribution in [0.25, 0.3) is 0 Å². The molecular formula is C28H27AlNOP. The van der Waals surface area contributed by atoms with E-state index in [1.54, 1.807) is 0 Å². The Morgan fingerprint density at radius 3 is 1.50 bits per heavy atom. The molecule has 158 valence electrons. The lowest BCUT2D eigenvalue weighted by Gasteiger charge is -2.20. The number of rotatable bonds is 5. The largest absolute Gasteiger partial charge is 0.399 e. The minimum atomic E-state index is -0.704. The highest BCUT2D eigenvalue weighted by atomic mass is 31.1. The number of benzene rings is 4. The Morgan fingerprint density at radius 2 is 1.12 bits per heavy atom. The molecule has 2 N–H and O–H groups in total. The van der Waals surface area contributed by atoms with E-state index in [-0.39, 0.29) is 0 Å². The van der Waals surface area contributed by atoms with Crippen molar-refractivity contribution >= 4 is 52.1 Å². The Morgan fingerprint density at radius 1 is 0.719 bits per heavy atom. The molecule has 0 saturated heterocycles. The zero-order chi connectivity index (χ0) is 23.0. The molecule has 2 nitrogen and oxygen atoms in total. The lowest BCUT2D eigenvalue weighted by atomic mass is 10.2. The van der Waals surface area contributed by atoms with E-state index in [4.69, 9.17) is 5.73 Å². The second-order valence-corrected chi connectivity index (χ2v) is 9.28. The van der Waals surface area contributed by atoms with Gasteiger partial charge in [-0.1, -0.05) is 103 Å². The van der Waals surface area contributed by atoms with Gasteiger partial charge >= 0.3 is 0 Å². The van der Waals surface area contributed by atoms with Crippen LogP contribution < -0.4 is 21.6 Å². The molecule has 0 heterocycles. The number of hydrogen-bond acceptors (Lipinski definition) is 2. The monoisotopic (exact) mass is 451 g/mol. The second kappa shape index (κ2) is 15.0. The standard InChI is InChI=1S/C19H15OP.C6H7N.C3H5.Al/c20-15-16-9-7-8-14-19(16)21(17-10-3-1-4-11-17)18-12-5-2-6-13-18;7-6-4-2-1-3-5-6;1-3-2;/h1-15H;1-5H,7H2;3H,1-2H2;. The van der Waals surface area contributed by atoms with Gasteiger partial charge in [-0.15, -0.1) is 17.9 Å². The summed E-state index contributed by atoms with van der Waals surface area (Å²) in [5.41, 5.74) is 6.95. The van der Waals surface area contributed by atoms with Crippen LogP contribution in [-0.2, 0) is 0 Å². The van der Waals surface area contributed by atoms with Crippen LogP contribution >= 0.6 is 7.92 Å². The lowest BCUT2D eigenvalue weighted by molar-refractivity contribution is 0.112. The Kier molecular flexibility index (Phi) is 11.8. The fourth-order valence-corrected chi connectivity index (χ4v) is 5.24. The molecule has 0 unspecified atom stereocenters. The highest BCUT2D eigenvalue weighted by Gasteiger charge is 2.18. The summed E-state index contributed by atoms with van der Waals surface area (Å²) in [4.78, 5) is 11.4. The molecule has 0 saturated carbocycles.